The van der Waals surface area contributed by atoms with E-state index in [1.54, 1.807) is 0 Å². The molecule has 0 saturated heterocycles. The molecule has 2 rings (SSSR count). The Kier molecular flexibility index (Phi) is 40.0. The lowest BCUT2D eigenvalue weighted by Gasteiger charge is -2.25. The highest BCUT2D eigenvalue weighted by atomic mass is 16.5. The van der Waals surface area contributed by atoms with Gasteiger partial charge >= 0.3 is 11.9 Å². The largest absolute Gasteiger partial charge is 0.465 e. The maximum Gasteiger partial charge on any atom is 0.307 e. The minimum Gasteiger partial charge on any atom is -0.465 e. The van der Waals surface area contributed by atoms with Crippen LogP contribution in [-0.2, 0) is 45.0 Å². The van der Waals surface area contributed by atoms with E-state index in [4.69, 9.17) is 9.47 Å². The molecule has 2 aromatic heterocycles. The molecule has 0 atom stereocenters. The number of likely N-dealkylation sites (N-methyl/N-ethyl adjacent to an activating group) is 1. The molecular weight excluding hydrogens is 849 g/mol. The van der Waals surface area contributed by atoms with Gasteiger partial charge in [0.25, 0.3) is 0 Å². The third-order valence-corrected chi connectivity index (χ3v) is 13.1. The Balaban J connectivity index is 1.53. The van der Waals surface area contributed by atoms with Gasteiger partial charge in [-0.05, 0) is 77.3 Å². The molecule has 0 saturated carbocycles. The van der Waals surface area contributed by atoms with E-state index in [0.29, 0.717) is 25.9 Å². The third-order valence-electron chi connectivity index (χ3n) is 13.1. The van der Waals surface area contributed by atoms with Crippen molar-refractivity contribution in [3.05, 3.63) is 48.1 Å². The number of ether oxygens (including phenoxy) is 2. The van der Waals surface area contributed by atoms with Gasteiger partial charge in [0.1, 0.15) is 0 Å². The summed E-state index contributed by atoms with van der Waals surface area (Å²) in [5.41, 5.74) is 1.69. The van der Waals surface area contributed by atoms with Gasteiger partial charge in [0.05, 0.1) is 37.4 Å². The zero-order chi connectivity index (χ0) is 48.8. The number of rotatable bonds is 49. The summed E-state index contributed by atoms with van der Waals surface area (Å²) in [5.74, 6) is -0.476. The SMILES string of the molecule is CCCCCCCC/C=C\CCCCCCCCn1cc(CCOC(=O)CCN(CCC(=O)OCCc2cn(CCCCCCCC/C=C\CCCCCCCC)nn2)CCN(CC)CC)nn1. The Labute approximate surface area is 416 Å². The van der Waals surface area contributed by atoms with Crippen LogP contribution in [0.3, 0.4) is 0 Å². The van der Waals surface area contributed by atoms with Crippen molar-refractivity contribution in [2.45, 2.75) is 246 Å². The minimum atomic E-state index is -0.238. The van der Waals surface area contributed by atoms with Crippen molar-refractivity contribution in [1.29, 1.82) is 0 Å². The molecule has 2 aromatic rings. The lowest BCUT2D eigenvalue weighted by molar-refractivity contribution is -0.144. The highest BCUT2D eigenvalue weighted by molar-refractivity contribution is 5.70. The average Bonchev–Trinajstić information content (AvgIpc) is 4.01. The number of nitrogens with zero attached hydrogens (tertiary/aromatic N) is 8. The lowest BCUT2D eigenvalue weighted by Crippen LogP contribution is -2.37. The highest BCUT2D eigenvalue weighted by Gasteiger charge is 2.14. The second-order valence-corrected chi connectivity index (χ2v) is 19.1. The van der Waals surface area contributed by atoms with Gasteiger partial charge in [0.2, 0.25) is 0 Å². The van der Waals surface area contributed by atoms with E-state index in [9.17, 15) is 9.59 Å². The van der Waals surface area contributed by atoms with Crippen molar-refractivity contribution in [3.63, 3.8) is 0 Å². The molecule has 0 N–H and O–H groups in total. The van der Waals surface area contributed by atoms with E-state index in [-0.39, 0.29) is 38.0 Å². The minimum absolute atomic E-state index is 0.238. The molecule has 0 aliphatic carbocycles. The van der Waals surface area contributed by atoms with Crippen molar-refractivity contribution < 1.29 is 19.1 Å². The van der Waals surface area contributed by atoms with Crippen LogP contribution in [0.1, 0.15) is 232 Å². The molecule has 0 bridgehead atoms. The van der Waals surface area contributed by atoms with Crippen LogP contribution < -0.4 is 0 Å². The number of esters is 2. The van der Waals surface area contributed by atoms with Crippen LogP contribution in [0.15, 0.2) is 36.7 Å². The van der Waals surface area contributed by atoms with Crippen LogP contribution in [0.25, 0.3) is 0 Å². The first-order valence-corrected chi connectivity index (χ1v) is 28.3. The van der Waals surface area contributed by atoms with Gasteiger partial charge in [-0.2, -0.15) is 0 Å². The second-order valence-electron chi connectivity index (χ2n) is 19.1. The molecule has 2 heterocycles. The summed E-state index contributed by atoms with van der Waals surface area (Å²) in [4.78, 5) is 30.0. The number of hydrogen-bond donors (Lipinski definition) is 0. The van der Waals surface area contributed by atoms with Crippen molar-refractivity contribution in [2.75, 3.05) is 52.5 Å². The summed E-state index contributed by atoms with van der Waals surface area (Å²) in [6.07, 6.45) is 51.4. The molecule has 0 aromatic carbocycles. The first-order chi connectivity index (χ1) is 33.5. The van der Waals surface area contributed by atoms with Gasteiger partial charge in [-0.1, -0.05) is 178 Å². The van der Waals surface area contributed by atoms with Gasteiger partial charge in [0.15, 0.2) is 0 Å². The molecule has 68 heavy (non-hydrogen) atoms. The molecule has 390 valence electrons. The molecule has 0 aliphatic rings. The molecule has 0 spiro atoms. The highest BCUT2D eigenvalue weighted by Crippen LogP contribution is 2.13. The molecule has 0 aliphatic heterocycles. The molecule has 0 amide bonds. The average molecular weight is 951 g/mol. The second kappa shape index (κ2) is 44.8. The Morgan fingerprint density at radius 3 is 1.16 bits per heavy atom. The number of aromatic nitrogens is 6. The molecule has 12 heteroatoms. The van der Waals surface area contributed by atoms with Gasteiger partial charge in [0, 0.05) is 64.5 Å². The van der Waals surface area contributed by atoms with Crippen LogP contribution in [0.5, 0.6) is 0 Å². The van der Waals surface area contributed by atoms with Gasteiger partial charge in [-0.15, -0.1) is 10.2 Å². The Bertz CT molecular complexity index is 1400. The van der Waals surface area contributed by atoms with E-state index in [1.807, 2.05) is 21.8 Å². The van der Waals surface area contributed by atoms with E-state index in [0.717, 1.165) is 63.5 Å². The van der Waals surface area contributed by atoms with Gasteiger partial charge in [-0.25, -0.2) is 0 Å². The van der Waals surface area contributed by atoms with Crippen LogP contribution in [0.4, 0.5) is 0 Å². The number of unbranched alkanes of at least 4 members (excludes halogenated alkanes) is 24. The fraction of sp³-hybridized carbons (Fsp3) is 0.821. The van der Waals surface area contributed by atoms with Crippen LogP contribution in [0.2, 0.25) is 0 Å². The number of hydrogen-bond acceptors (Lipinski definition) is 10. The summed E-state index contributed by atoms with van der Waals surface area (Å²) in [6.45, 7) is 15.8. The summed E-state index contributed by atoms with van der Waals surface area (Å²) < 4.78 is 15.0. The monoisotopic (exact) mass is 951 g/mol. The maximum absolute atomic E-state index is 12.8. The summed E-state index contributed by atoms with van der Waals surface area (Å²) in [7, 11) is 0. The first-order valence-electron chi connectivity index (χ1n) is 28.3. The van der Waals surface area contributed by atoms with Crippen molar-refractivity contribution in [2.24, 2.45) is 0 Å². The van der Waals surface area contributed by atoms with Crippen molar-refractivity contribution in [3.8, 4) is 0 Å². The predicted octanol–water partition coefficient (Wildman–Crippen LogP) is 13.2. The Hall–Kier alpha value is -3.38. The van der Waals surface area contributed by atoms with Crippen molar-refractivity contribution in [1.82, 2.24) is 39.8 Å². The molecule has 0 fully saturated rings. The topological polar surface area (TPSA) is 120 Å². The summed E-state index contributed by atoms with van der Waals surface area (Å²) in [6, 6.07) is 0. The smallest absolute Gasteiger partial charge is 0.307 e. The normalized spacial score (nSPS) is 11.9. The summed E-state index contributed by atoms with van der Waals surface area (Å²) >= 11 is 0. The molecular formula is C56H102N8O4. The van der Waals surface area contributed by atoms with E-state index in [2.05, 4.69) is 82.4 Å². The Morgan fingerprint density at radius 2 is 0.794 bits per heavy atom. The van der Waals surface area contributed by atoms with E-state index < -0.39 is 0 Å². The van der Waals surface area contributed by atoms with Gasteiger partial charge in [-0.3, -0.25) is 19.0 Å². The molecule has 12 nitrogen and oxygen atoms in total. The number of carbonyl (C=O) groups excluding carboxylic acids is 2. The first kappa shape index (κ1) is 60.7. The Morgan fingerprint density at radius 1 is 0.456 bits per heavy atom. The zero-order valence-electron chi connectivity index (χ0n) is 44.4. The van der Waals surface area contributed by atoms with E-state index in [1.165, 1.54) is 167 Å². The quantitative estimate of drug-likeness (QED) is 0.0360. The maximum atomic E-state index is 12.8. The fourth-order valence-corrected chi connectivity index (χ4v) is 8.51. The fourth-order valence-electron chi connectivity index (χ4n) is 8.51. The van der Waals surface area contributed by atoms with Crippen LogP contribution in [0, 0.1) is 0 Å². The number of allylic oxidation sites excluding steroid dienone is 4. The number of aryl methyl sites for hydroxylation is 2. The summed E-state index contributed by atoms with van der Waals surface area (Å²) in [5, 5.41) is 17.2. The lowest BCUT2D eigenvalue weighted by atomic mass is 10.1. The standard InChI is InChI=1S/C56H102N8O4/c1-5-9-11-13-15-17-19-21-23-25-27-29-31-33-35-37-43-63-51-53(57-59-63)41-49-67-55(65)39-45-62(48-47-61(7-3)8-4)46-40-56(66)68-50-42-54-52-64(60-58-54)44-38-36-34-32-30-28-26-24-22-20-18-16-14-12-10-6-2/h21-24,51-52H,5-20,25-50H2,1-4H3/b23-21-,24-22-. The molecule has 0 unspecified atom stereocenters. The van der Waals surface area contributed by atoms with Crippen molar-refractivity contribution >= 4 is 11.9 Å². The zero-order valence-corrected chi connectivity index (χ0v) is 44.4. The van der Waals surface area contributed by atoms with Gasteiger partial charge < -0.3 is 19.3 Å². The third kappa shape index (κ3) is 35.7. The number of carbonyl (C=O) groups is 2. The predicted molar refractivity (Wildman–Crippen MR) is 282 cm³/mol. The van der Waals surface area contributed by atoms with Crippen LogP contribution in [-0.4, -0.2) is 104 Å². The van der Waals surface area contributed by atoms with Crippen LogP contribution >= 0.6 is 0 Å². The van der Waals surface area contributed by atoms with E-state index >= 15 is 0 Å². The molecule has 0 radical (unpaired) electrons.